The van der Waals surface area contributed by atoms with Gasteiger partial charge < -0.3 is 10.1 Å². The van der Waals surface area contributed by atoms with Crippen LogP contribution in [0.25, 0.3) is 10.8 Å². The van der Waals surface area contributed by atoms with E-state index in [1.807, 2.05) is 48.5 Å². The van der Waals surface area contributed by atoms with Gasteiger partial charge in [0.2, 0.25) is 5.91 Å². The highest BCUT2D eigenvalue weighted by Gasteiger charge is 2.51. The third kappa shape index (κ3) is 2.93. The monoisotopic (exact) mass is 365 g/mol. The summed E-state index contributed by atoms with van der Waals surface area (Å²) in [5, 5.41) is 6.05. The van der Waals surface area contributed by atoms with Crippen molar-refractivity contribution in [1.29, 1.82) is 0 Å². The number of ether oxygens (including phenoxy) is 1. The van der Waals surface area contributed by atoms with Crippen LogP contribution in [0.3, 0.4) is 0 Å². The molecule has 0 saturated heterocycles. The predicted molar refractivity (Wildman–Crippen MR) is 105 cm³/mol. The first kappa shape index (κ1) is 16.9. The molecule has 0 aliphatic heterocycles. The van der Waals surface area contributed by atoms with Crippen molar-refractivity contribution in [2.24, 2.45) is 0 Å². The Morgan fingerprint density at radius 1 is 1.08 bits per heavy atom. The van der Waals surface area contributed by atoms with Crippen molar-refractivity contribution in [3.8, 4) is 5.75 Å². The second kappa shape index (κ2) is 6.65. The van der Waals surface area contributed by atoms with Gasteiger partial charge in [0.05, 0.1) is 12.5 Å². The molecule has 0 spiro atoms. The molecule has 1 saturated carbocycles. The zero-order chi connectivity index (χ0) is 18.1. The highest BCUT2D eigenvalue weighted by Crippen LogP contribution is 2.48. The molecular formula is C22H20ClNO2. The van der Waals surface area contributed by atoms with Crippen LogP contribution in [0.1, 0.15) is 24.0 Å². The second-order valence-electron chi connectivity index (χ2n) is 6.74. The Hall–Kier alpha value is -2.52. The normalized spacial score (nSPS) is 14.8. The molecule has 0 radical (unpaired) electrons. The molecule has 0 aromatic heterocycles. The maximum atomic E-state index is 12.9. The lowest BCUT2D eigenvalue weighted by molar-refractivity contribution is -0.123. The number of carbonyl (C=O) groups is 1. The first-order valence-electron chi connectivity index (χ1n) is 8.73. The molecule has 132 valence electrons. The lowest BCUT2D eigenvalue weighted by atomic mass is 9.94. The van der Waals surface area contributed by atoms with Crippen LogP contribution >= 0.6 is 11.6 Å². The van der Waals surface area contributed by atoms with Crippen molar-refractivity contribution in [3.63, 3.8) is 0 Å². The van der Waals surface area contributed by atoms with Crippen molar-refractivity contribution >= 4 is 28.3 Å². The number of fused-ring (bicyclic) bond motifs is 1. The molecule has 4 heteroatoms. The van der Waals surface area contributed by atoms with Crippen molar-refractivity contribution in [2.75, 3.05) is 7.11 Å². The molecule has 3 aromatic rings. The lowest BCUT2D eigenvalue weighted by Gasteiger charge is -2.18. The average molecular weight is 366 g/mol. The molecule has 1 N–H and O–H groups in total. The number of hydrogen-bond acceptors (Lipinski definition) is 2. The minimum atomic E-state index is -0.414. The summed E-state index contributed by atoms with van der Waals surface area (Å²) in [6, 6.07) is 19.7. The zero-order valence-corrected chi connectivity index (χ0v) is 15.3. The van der Waals surface area contributed by atoms with Crippen LogP contribution in [0.2, 0.25) is 5.02 Å². The predicted octanol–water partition coefficient (Wildman–Crippen LogP) is 4.85. The number of carbonyl (C=O) groups excluding carboxylic acids is 1. The van der Waals surface area contributed by atoms with E-state index in [1.165, 1.54) is 0 Å². The van der Waals surface area contributed by atoms with Crippen molar-refractivity contribution < 1.29 is 9.53 Å². The molecule has 0 unspecified atom stereocenters. The van der Waals surface area contributed by atoms with E-state index in [1.54, 1.807) is 7.11 Å². The minimum Gasteiger partial charge on any atom is -0.496 e. The van der Waals surface area contributed by atoms with Crippen LogP contribution in [0, 0.1) is 0 Å². The van der Waals surface area contributed by atoms with E-state index in [-0.39, 0.29) is 5.91 Å². The summed E-state index contributed by atoms with van der Waals surface area (Å²) >= 11 is 5.98. The van der Waals surface area contributed by atoms with Crippen LogP contribution < -0.4 is 10.1 Å². The maximum Gasteiger partial charge on any atom is 0.230 e. The van der Waals surface area contributed by atoms with Gasteiger partial charge in [-0.1, -0.05) is 54.1 Å². The molecule has 0 bridgehead atoms. The van der Waals surface area contributed by atoms with E-state index in [0.717, 1.165) is 40.5 Å². The minimum absolute atomic E-state index is 0.0646. The van der Waals surface area contributed by atoms with Gasteiger partial charge in [-0.2, -0.15) is 0 Å². The highest BCUT2D eigenvalue weighted by molar-refractivity contribution is 6.30. The largest absolute Gasteiger partial charge is 0.496 e. The molecule has 1 fully saturated rings. The number of rotatable bonds is 5. The smallest absolute Gasteiger partial charge is 0.230 e. The molecule has 3 nitrogen and oxygen atoms in total. The SMILES string of the molecule is COc1ccc2ccccc2c1CNC(=O)C1(c2ccc(Cl)cc2)CC1. The van der Waals surface area contributed by atoms with Gasteiger partial charge in [-0.3, -0.25) is 4.79 Å². The Labute approximate surface area is 157 Å². The number of halogens is 1. The number of methoxy groups -OCH3 is 1. The fourth-order valence-corrected chi connectivity index (χ4v) is 3.69. The van der Waals surface area contributed by atoms with E-state index >= 15 is 0 Å². The molecule has 1 aliphatic rings. The van der Waals surface area contributed by atoms with Crippen molar-refractivity contribution in [2.45, 2.75) is 24.8 Å². The molecular weight excluding hydrogens is 346 g/mol. The first-order valence-corrected chi connectivity index (χ1v) is 9.11. The van der Waals surface area contributed by atoms with Gasteiger partial charge >= 0.3 is 0 Å². The topological polar surface area (TPSA) is 38.3 Å². The lowest BCUT2D eigenvalue weighted by Crippen LogP contribution is -2.34. The summed E-state index contributed by atoms with van der Waals surface area (Å²) in [5.74, 6) is 0.857. The summed E-state index contributed by atoms with van der Waals surface area (Å²) in [5.41, 5.74) is 1.62. The Balaban J connectivity index is 1.59. The quantitative estimate of drug-likeness (QED) is 0.701. The molecule has 1 aliphatic carbocycles. The van der Waals surface area contributed by atoms with E-state index in [2.05, 4.69) is 17.4 Å². The van der Waals surface area contributed by atoms with Crippen LogP contribution in [0.4, 0.5) is 0 Å². The van der Waals surface area contributed by atoms with Gasteiger partial charge in [-0.05, 0) is 47.4 Å². The Morgan fingerprint density at radius 3 is 2.50 bits per heavy atom. The van der Waals surface area contributed by atoms with E-state index in [4.69, 9.17) is 16.3 Å². The maximum absolute atomic E-state index is 12.9. The van der Waals surface area contributed by atoms with Gasteiger partial charge in [0.25, 0.3) is 0 Å². The Kier molecular flexibility index (Phi) is 4.33. The fraction of sp³-hybridized carbons (Fsp3) is 0.227. The summed E-state index contributed by atoms with van der Waals surface area (Å²) in [6.07, 6.45) is 1.74. The van der Waals surface area contributed by atoms with Crippen molar-refractivity contribution in [3.05, 3.63) is 76.8 Å². The van der Waals surface area contributed by atoms with Gasteiger partial charge in [0.15, 0.2) is 0 Å². The first-order chi connectivity index (χ1) is 12.6. The summed E-state index contributed by atoms with van der Waals surface area (Å²) in [4.78, 5) is 12.9. The summed E-state index contributed by atoms with van der Waals surface area (Å²) in [7, 11) is 1.66. The molecule has 0 atom stereocenters. The van der Waals surface area contributed by atoms with Gasteiger partial charge in [0, 0.05) is 17.1 Å². The molecule has 1 amide bonds. The van der Waals surface area contributed by atoms with Crippen molar-refractivity contribution in [1.82, 2.24) is 5.32 Å². The zero-order valence-electron chi connectivity index (χ0n) is 14.6. The van der Waals surface area contributed by atoms with E-state index < -0.39 is 5.41 Å². The van der Waals surface area contributed by atoms with Crippen LogP contribution in [-0.4, -0.2) is 13.0 Å². The van der Waals surface area contributed by atoms with Crippen LogP contribution in [0.5, 0.6) is 5.75 Å². The number of nitrogens with one attached hydrogen (secondary N) is 1. The third-order valence-corrected chi connectivity index (χ3v) is 5.48. The number of benzene rings is 3. The van der Waals surface area contributed by atoms with E-state index in [9.17, 15) is 4.79 Å². The molecule has 0 heterocycles. The van der Waals surface area contributed by atoms with Gasteiger partial charge in [-0.15, -0.1) is 0 Å². The Bertz CT molecular complexity index is 962. The standard InChI is InChI=1S/C22H20ClNO2/c1-26-20-11-6-15-4-2-3-5-18(15)19(20)14-24-21(25)22(12-13-22)16-7-9-17(23)10-8-16/h2-11H,12-14H2,1H3,(H,24,25). The molecule has 3 aromatic carbocycles. The second-order valence-corrected chi connectivity index (χ2v) is 7.18. The van der Waals surface area contributed by atoms with Gasteiger partial charge in [-0.25, -0.2) is 0 Å². The summed E-state index contributed by atoms with van der Waals surface area (Å²) < 4.78 is 5.52. The fourth-order valence-electron chi connectivity index (χ4n) is 3.57. The van der Waals surface area contributed by atoms with Crippen LogP contribution in [0.15, 0.2) is 60.7 Å². The molecule has 4 rings (SSSR count). The average Bonchev–Trinajstić information content (AvgIpc) is 3.48. The Morgan fingerprint density at radius 2 is 1.81 bits per heavy atom. The third-order valence-electron chi connectivity index (χ3n) is 5.22. The highest BCUT2D eigenvalue weighted by atomic mass is 35.5. The van der Waals surface area contributed by atoms with E-state index in [0.29, 0.717) is 11.6 Å². The van der Waals surface area contributed by atoms with Crippen LogP contribution in [-0.2, 0) is 16.8 Å². The number of amides is 1. The van der Waals surface area contributed by atoms with Gasteiger partial charge in [0.1, 0.15) is 5.75 Å². The molecule has 26 heavy (non-hydrogen) atoms. The number of hydrogen-bond donors (Lipinski definition) is 1. The summed E-state index contributed by atoms with van der Waals surface area (Å²) in [6.45, 7) is 0.443.